The first-order chi connectivity index (χ1) is 12.0. The van der Waals surface area contributed by atoms with Gasteiger partial charge in [-0.1, -0.05) is 51.4 Å². The second-order valence-corrected chi connectivity index (χ2v) is 9.15. The Morgan fingerprint density at radius 2 is 2.20 bits per heavy atom. The van der Waals surface area contributed by atoms with Gasteiger partial charge in [-0.05, 0) is 26.1 Å². The average molecular weight is 376 g/mol. The van der Waals surface area contributed by atoms with Gasteiger partial charge in [0.25, 0.3) is 0 Å². The van der Waals surface area contributed by atoms with Crippen LogP contribution in [0.1, 0.15) is 24.8 Å². The highest BCUT2D eigenvalue weighted by Gasteiger charge is 2.49. The van der Waals surface area contributed by atoms with Crippen molar-refractivity contribution in [1.29, 1.82) is 0 Å². The summed E-state index contributed by atoms with van der Waals surface area (Å²) in [6, 6.07) is 10.1. The molecule has 1 aliphatic heterocycles. The van der Waals surface area contributed by atoms with Crippen LogP contribution < -0.4 is 0 Å². The summed E-state index contributed by atoms with van der Waals surface area (Å²) in [6.07, 6.45) is 5.73. The van der Waals surface area contributed by atoms with Crippen LogP contribution in [0.5, 0.6) is 0 Å². The Labute approximate surface area is 153 Å². The molecule has 7 atom stereocenters. The van der Waals surface area contributed by atoms with Crippen molar-refractivity contribution in [2.24, 2.45) is 11.8 Å². The van der Waals surface area contributed by atoms with E-state index in [1.807, 2.05) is 30.4 Å². The van der Waals surface area contributed by atoms with Gasteiger partial charge in [0.2, 0.25) is 0 Å². The van der Waals surface area contributed by atoms with Crippen LogP contribution in [0, 0.1) is 11.8 Å². The first-order valence-corrected chi connectivity index (χ1v) is 11.5. The van der Waals surface area contributed by atoms with Crippen molar-refractivity contribution in [2.45, 2.75) is 44.0 Å². The van der Waals surface area contributed by atoms with Gasteiger partial charge in [-0.2, -0.15) is 0 Å². The van der Waals surface area contributed by atoms with Crippen LogP contribution >= 0.6 is 16.6 Å². The summed E-state index contributed by atoms with van der Waals surface area (Å²) >= 11 is 0. The van der Waals surface area contributed by atoms with Crippen LogP contribution in [0.4, 0.5) is 0 Å². The second-order valence-electron chi connectivity index (χ2n) is 6.69. The Hall–Kier alpha value is -0.725. The van der Waals surface area contributed by atoms with Gasteiger partial charge in [-0.3, -0.25) is 4.79 Å². The number of aryl methyl sites for hydroxylation is 1. The maximum absolute atomic E-state index is 11.6. The van der Waals surface area contributed by atoms with Crippen LogP contribution in [-0.2, 0) is 20.5 Å². The van der Waals surface area contributed by atoms with Gasteiger partial charge in [0.1, 0.15) is 6.10 Å². The highest BCUT2D eigenvalue weighted by atomic mass is 32.0. The lowest BCUT2D eigenvalue weighted by Gasteiger charge is -2.22. The van der Waals surface area contributed by atoms with Crippen molar-refractivity contribution in [3.63, 3.8) is 0 Å². The fourth-order valence-corrected chi connectivity index (χ4v) is 4.75. The number of aliphatic hydroxyl groups excluding tert-OH is 1. The number of aliphatic hydroxyl groups is 1. The zero-order valence-corrected chi connectivity index (χ0v) is 16.1. The third-order valence-corrected chi connectivity index (χ3v) is 5.81. The van der Waals surface area contributed by atoms with Crippen LogP contribution in [0.25, 0.3) is 0 Å². The van der Waals surface area contributed by atoms with Crippen LogP contribution in [0.2, 0.25) is 0 Å². The molecule has 0 spiro atoms. The van der Waals surface area contributed by atoms with Crippen LogP contribution in [0.3, 0.4) is 0 Å². The summed E-state index contributed by atoms with van der Waals surface area (Å²) in [5.41, 5.74) is 1.21. The molecule has 7 heteroatoms. The van der Waals surface area contributed by atoms with E-state index >= 15 is 0 Å². The van der Waals surface area contributed by atoms with E-state index in [1.165, 1.54) is 5.56 Å². The normalized spacial score (nSPS) is 31.0. The minimum Gasteiger partial charge on any atom is -0.462 e. The fraction of sp³-hybridized carbons (Fsp3) is 0.500. The lowest BCUT2D eigenvalue weighted by Crippen LogP contribution is -2.20. The largest absolute Gasteiger partial charge is 0.462 e. The molecule has 1 aliphatic carbocycles. The lowest BCUT2D eigenvalue weighted by atomic mass is 9.91. The van der Waals surface area contributed by atoms with Crippen LogP contribution in [-0.4, -0.2) is 37.0 Å². The zero-order chi connectivity index (χ0) is 17.8. The molecule has 0 aromatic heterocycles. The Morgan fingerprint density at radius 3 is 2.92 bits per heavy atom. The van der Waals surface area contributed by atoms with Gasteiger partial charge in [0, 0.05) is 18.3 Å². The van der Waals surface area contributed by atoms with Gasteiger partial charge >= 0.3 is 5.97 Å². The molecular weight excluding hydrogens is 353 g/mol. The topological polar surface area (TPSA) is 55.8 Å². The summed E-state index contributed by atoms with van der Waals surface area (Å²) in [6.45, 7) is 0. The maximum Gasteiger partial charge on any atom is 0.306 e. The predicted molar refractivity (Wildman–Crippen MR) is 103 cm³/mol. The maximum atomic E-state index is 11.6. The number of rotatable bonds is 7. The number of ether oxygens (including phenoxy) is 1. The summed E-state index contributed by atoms with van der Waals surface area (Å²) in [5.74, 6) is 0.0318. The first-order valence-electron chi connectivity index (χ1n) is 8.59. The minimum absolute atomic E-state index is 0.0527. The van der Waals surface area contributed by atoms with E-state index in [4.69, 9.17) is 16.8 Å². The Balaban J connectivity index is 1.59. The molecule has 1 heterocycles. The molecule has 1 saturated heterocycles. The van der Waals surface area contributed by atoms with Gasteiger partial charge in [-0.15, -0.1) is 0 Å². The number of carbonyl (C=O) groups is 1. The molecular formula is C18H23BO4P2. The highest BCUT2D eigenvalue weighted by Crippen LogP contribution is 2.50. The number of hydrogen-bond donors (Lipinski definition) is 1. The quantitative estimate of drug-likeness (QED) is 0.344. The molecule has 132 valence electrons. The highest BCUT2D eigenvalue weighted by molar-refractivity contribution is 8.23. The number of hydrogen-bond acceptors (Lipinski definition) is 4. The summed E-state index contributed by atoms with van der Waals surface area (Å²) in [4.78, 5) is 11.6. The Bertz CT molecular complexity index is 610. The molecule has 0 amide bonds. The van der Waals surface area contributed by atoms with E-state index in [2.05, 4.69) is 21.1 Å². The number of carbonyl (C=O) groups excluding carboxylic acids is 1. The fourth-order valence-electron chi connectivity index (χ4n) is 3.75. The molecule has 2 fully saturated rings. The monoisotopic (exact) mass is 376 g/mol. The minimum atomic E-state index is -1.05. The number of benzene rings is 1. The van der Waals surface area contributed by atoms with E-state index in [9.17, 15) is 9.90 Å². The molecule has 1 aromatic carbocycles. The van der Waals surface area contributed by atoms with E-state index in [1.54, 1.807) is 0 Å². The predicted octanol–water partition coefficient (Wildman–Crippen LogP) is 3.14. The summed E-state index contributed by atoms with van der Waals surface area (Å²) in [5, 5.41) is 10.3. The first kappa shape index (κ1) is 19.0. The van der Waals surface area contributed by atoms with Crippen molar-refractivity contribution >= 4 is 30.2 Å². The molecule has 6 unspecified atom stereocenters. The van der Waals surface area contributed by atoms with Crippen molar-refractivity contribution in [3.05, 3.63) is 48.0 Å². The smallest absolute Gasteiger partial charge is 0.306 e. The zero-order valence-electron chi connectivity index (χ0n) is 14.0. The number of esters is 1. The molecule has 0 bridgehead atoms. The van der Waals surface area contributed by atoms with Crippen molar-refractivity contribution < 1.29 is 19.2 Å². The van der Waals surface area contributed by atoms with E-state index in [0.29, 0.717) is 19.3 Å². The molecule has 1 aromatic rings. The van der Waals surface area contributed by atoms with E-state index in [-0.39, 0.29) is 30.0 Å². The third-order valence-electron chi connectivity index (χ3n) is 4.94. The molecule has 4 nitrogen and oxygen atoms in total. The molecule has 25 heavy (non-hydrogen) atoms. The average Bonchev–Trinajstić information content (AvgIpc) is 3.07. The van der Waals surface area contributed by atoms with Crippen molar-refractivity contribution in [3.8, 4) is 0 Å². The molecule has 2 aliphatic rings. The van der Waals surface area contributed by atoms with Gasteiger partial charge in [0.05, 0.1) is 18.6 Å². The van der Waals surface area contributed by atoms with E-state index < -0.39 is 13.8 Å². The van der Waals surface area contributed by atoms with Crippen molar-refractivity contribution in [1.82, 2.24) is 0 Å². The molecule has 2 radical (unpaired) electrons. The van der Waals surface area contributed by atoms with Crippen molar-refractivity contribution in [2.75, 3.05) is 0 Å². The number of fused-ring (bicyclic) bond motifs is 1. The third kappa shape index (κ3) is 5.14. The second kappa shape index (κ2) is 8.78. The molecule has 3 rings (SSSR count). The van der Waals surface area contributed by atoms with Gasteiger partial charge in [-0.25, -0.2) is 0 Å². The molecule has 1 saturated carbocycles. The molecule has 1 N–H and O–H groups in total. The Morgan fingerprint density at radius 1 is 1.44 bits per heavy atom. The van der Waals surface area contributed by atoms with E-state index in [0.717, 1.165) is 6.42 Å². The van der Waals surface area contributed by atoms with Gasteiger partial charge in [0.15, 0.2) is 7.57 Å². The summed E-state index contributed by atoms with van der Waals surface area (Å²) in [7, 11) is 7.24. The standard InChI is InChI=1S/C18H23BO4P2/c19-25(24)23-17-11-16-15(10-18(21)22-16)14(17)9-8-13(20)7-6-12-4-2-1-3-5-12/h1-5,8-9,13-17,20H,6-7,10-11,24H2/t13?,14-,15?,16?,17?,25?/m1/s1. The van der Waals surface area contributed by atoms with Gasteiger partial charge < -0.3 is 14.4 Å². The lowest BCUT2D eigenvalue weighted by molar-refractivity contribution is -0.141. The summed E-state index contributed by atoms with van der Waals surface area (Å²) < 4.78 is 11.2. The SMILES string of the molecule is [B]P(P)OC1CC2OC(=O)CC2[C@H]1C=CC(O)CCc1ccccc1. The Kier molecular flexibility index (Phi) is 6.69. The van der Waals surface area contributed by atoms with Crippen LogP contribution in [0.15, 0.2) is 42.5 Å².